The van der Waals surface area contributed by atoms with Crippen LogP contribution in [0.5, 0.6) is 0 Å². The summed E-state index contributed by atoms with van der Waals surface area (Å²) < 4.78 is 0. The Bertz CT molecular complexity index is 160. The third kappa shape index (κ3) is 3.75. The lowest BCUT2D eigenvalue weighted by Crippen LogP contribution is -2.43. The molecule has 2 N–H and O–H groups in total. The van der Waals surface area contributed by atoms with E-state index in [2.05, 4.69) is 22.5 Å². The molecule has 2 heteroatoms. The molecule has 2 nitrogen and oxygen atoms in total. The Morgan fingerprint density at radius 2 is 2.50 bits per heavy atom. The fourth-order valence-corrected chi connectivity index (χ4v) is 1.49. The van der Waals surface area contributed by atoms with Crippen LogP contribution in [0, 0.1) is 11.8 Å². The first-order valence-electron chi connectivity index (χ1n) is 4.77. The highest BCUT2D eigenvalue weighted by Crippen LogP contribution is 2.00. The zero-order chi connectivity index (χ0) is 8.65. The van der Waals surface area contributed by atoms with Crippen LogP contribution in [0.25, 0.3) is 0 Å². The number of piperidine rings is 1. The van der Waals surface area contributed by atoms with Gasteiger partial charge in [-0.3, -0.25) is 0 Å². The van der Waals surface area contributed by atoms with Gasteiger partial charge in [0.2, 0.25) is 0 Å². The van der Waals surface area contributed by atoms with Gasteiger partial charge in [-0.1, -0.05) is 0 Å². The maximum atomic E-state index is 3.49. The van der Waals surface area contributed by atoms with E-state index in [-0.39, 0.29) is 0 Å². The third-order valence-corrected chi connectivity index (χ3v) is 2.16. The Hall–Kier alpha value is -0.520. The molecule has 68 valence electrons. The first-order valence-corrected chi connectivity index (χ1v) is 4.77. The van der Waals surface area contributed by atoms with Crippen LogP contribution in [-0.4, -0.2) is 25.7 Å². The second-order valence-corrected chi connectivity index (χ2v) is 3.17. The van der Waals surface area contributed by atoms with Crippen molar-refractivity contribution in [3.05, 3.63) is 0 Å². The Morgan fingerprint density at radius 3 is 3.17 bits per heavy atom. The highest BCUT2D eigenvalue weighted by molar-refractivity contribution is 4.95. The molecule has 0 aromatic heterocycles. The van der Waals surface area contributed by atoms with Crippen molar-refractivity contribution in [3.63, 3.8) is 0 Å². The smallest absolute Gasteiger partial charge is 0.0214 e. The molecule has 1 fully saturated rings. The van der Waals surface area contributed by atoms with Crippen LogP contribution in [0.3, 0.4) is 0 Å². The van der Waals surface area contributed by atoms with Gasteiger partial charge < -0.3 is 10.6 Å². The van der Waals surface area contributed by atoms with Crippen LogP contribution >= 0.6 is 0 Å². The van der Waals surface area contributed by atoms with Gasteiger partial charge in [-0.05, 0) is 26.3 Å². The van der Waals surface area contributed by atoms with Crippen molar-refractivity contribution < 1.29 is 0 Å². The lowest BCUT2D eigenvalue weighted by Gasteiger charge is -2.23. The molecule has 0 spiro atoms. The summed E-state index contributed by atoms with van der Waals surface area (Å²) >= 11 is 0. The van der Waals surface area contributed by atoms with Crippen molar-refractivity contribution in [2.75, 3.05) is 19.6 Å². The second kappa shape index (κ2) is 6.05. The summed E-state index contributed by atoms with van der Waals surface area (Å²) in [6.07, 6.45) is 3.59. The molecule has 1 rings (SSSR count). The molecular formula is C10H18N2. The van der Waals surface area contributed by atoms with E-state index in [0.717, 1.165) is 19.5 Å². The molecule has 1 aliphatic rings. The second-order valence-electron chi connectivity index (χ2n) is 3.17. The van der Waals surface area contributed by atoms with Crippen molar-refractivity contribution in [3.8, 4) is 11.8 Å². The fraction of sp³-hybridized carbons (Fsp3) is 0.800. The highest BCUT2D eigenvalue weighted by atomic mass is 15.0. The Morgan fingerprint density at radius 1 is 1.58 bits per heavy atom. The van der Waals surface area contributed by atoms with Crippen molar-refractivity contribution in [1.29, 1.82) is 0 Å². The predicted octanol–water partition coefficient (Wildman–Crippen LogP) is 0.741. The largest absolute Gasteiger partial charge is 0.315 e. The molecule has 0 amide bonds. The molecular weight excluding hydrogens is 148 g/mol. The maximum Gasteiger partial charge on any atom is 0.0214 e. The molecule has 1 atom stereocenters. The molecule has 0 radical (unpaired) electrons. The van der Waals surface area contributed by atoms with E-state index in [0.29, 0.717) is 6.04 Å². The van der Waals surface area contributed by atoms with Gasteiger partial charge in [-0.25, -0.2) is 0 Å². The van der Waals surface area contributed by atoms with Crippen LogP contribution < -0.4 is 10.6 Å². The van der Waals surface area contributed by atoms with Gasteiger partial charge in [0.1, 0.15) is 0 Å². The normalized spacial score (nSPS) is 22.9. The monoisotopic (exact) mass is 166 g/mol. The molecule has 1 unspecified atom stereocenters. The standard InChI is InChI=1S/C10H18N2/c1-2-3-4-8-12-10-6-5-7-11-9-10/h10-12H,4-9H2,1H3. The van der Waals surface area contributed by atoms with E-state index in [1.807, 2.05) is 6.92 Å². The van der Waals surface area contributed by atoms with Crippen LogP contribution in [0.15, 0.2) is 0 Å². The molecule has 1 saturated heterocycles. The Balaban J connectivity index is 2.00. The van der Waals surface area contributed by atoms with Crippen LogP contribution in [0.2, 0.25) is 0 Å². The van der Waals surface area contributed by atoms with E-state index in [4.69, 9.17) is 0 Å². The average molecular weight is 166 g/mol. The number of rotatable bonds is 3. The van der Waals surface area contributed by atoms with Gasteiger partial charge in [0, 0.05) is 25.6 Å². The van der Waals surface area contributed by atoms with Gasteiger partial charge in [0.05, 0.1) is 0 Å². The Labute approximate surface area is 75.1 Å². The van der Waals surface area contributed by atoms with Gasteiger partial charge >= 0.3 is 0 Å². The fourth-order valence-electron chi connectivity index (χ4n) is 1.49. The summed E-state index contributed by atoms with van der Waals surface area (Å²) in [5.41, 5.74) is 0. The van der Waals surface area contributed by atoms with Crippen LogP contribution in [0.4, 0.5) is 0 Å². The van der Waals surface area contributed by atoms with E-state index >= 15 is 0 Å². The molecule has 12 heavy (non-hydrogen) atoms. The summed E-state index contributed by atoms with van der Waals surface area (Å²) in [7, 11) is 0. The number of nitrogens with one attached hydrogen (secondary N) is 2. The molecule has 0 bridgehead atoms. The minimum absolute atomic E-state index is 0.678. The van der Waals surface area contributed by atoms with Gasteiger partial charge in [0.25, 0.3) is 0 Å². The van der Waals surface area contributed by atoms with Gasteiger partial charge in [-0.15, -0.1) is 11.8 Å². The summed E-state index contributed by atoms with van der Waals surface area (Å²) in [4.78, 5) is 0. The lowest BCUT2D eigenvalue weighted by molar-refractivity contribution is 0.394. The molecule has 1 heterocycles. The van der Waals surface area contributed by atoms with Crippen molar-refractivity contribution in [1.82, 2.24) is 10.6 Å². The first kappa shape index (κ1) is 9.57. The maximum absolute atomic E-state index is 3.49. The SMILES string of the molecule is CC#CCCNC1CCCNC1. The van der Waals surface area contributed by atoms with E-state index < -0.39 is 0 Å². The molecule has 0 aromatic carbocycles. The molecule has 0 aromatic rings. The minimum atomic E-state index is 0.678. The van der Waals surface area contributed by atoms with Crippen molar-refractivity contribution >= 4 is 0 Å². The van der Waals surface area contributed by atoms with Crippen LogP contribution in [-0.2, 0) is 0 Å². The van der Waals surface area contributed by atoms with Gasteiger partial charge in [-0.2, -0.15) is 0 Å². The topological polar surface area (TPSA) is 24.1 Å². The quantitative estimate of drug-likeness (QED) is 0.477. The summed E-state index contributed by atoms with van der Waals surface area (Å²) in [5.74, 6) is 5.95. The molecule has 1 aliphatic heterocycles. The molecule has 0 aliphatic carbocycles. The average Bonchev–Trinajstić information content (AvgIpc) is 2.14. The first-order chi connectivity index (χ1) is 5.93. The van der Waals surface area contributed by atoms with E-state index in [1.165, 1.54) is 19.4 Å². The molecule has 0 saturated carbocycles. The third-order valence-electron chi connectivity index (χ3n) is 2.16. The predicted molar refractivity (Wildman–Crippen MR) is 52.0 cm³/mol. The summed E-state index contributed by atoms with van der Waals surface area (Å²) in [6.45, 7) is 5.24. The van der Waals surface area contributed by atoms with Gasteiger partial charge in [0.15, 0.2) is 0 Å². The van der Waals surface area contributed by atoms with E-state index in [1.54, 1.807) is 0 Å². The minimum Gasteiger partial charge on any atom is -0.315 e. The van der Waals surface area contributed by atoms with E-state index in [9.17, 15) is 0 Å². The number of hydrogen-bond acceptors (Lipinski definition) is 2. The van der Waals surface area contributed by atoms with Crippen molar-refractivity contribution in [2.24, 2.45) is 0 Å². The zero-order valence-corrected chi connectivity index (χ0v) is 7.82. The van der Waals surface area contributed by atoms with Crippen molar-refractivity contribution in [2.45, 2.75) is 32.2 Å². The number of hydrogen-bond donors (Lipinski definition) is 2. The highest BCUT2D eigenvalue weighted by Gasteiger charge is 2.10. The zero-order valence-electron chi connectivity index (χ0n) is 7.82. The summed E-state index contributed by atoms with van der Waals surface area (Å²) in [5, 5.41) is 6.87. The lowest BCUT2D eigenvalue weighted by atomic mass is 10.1. The Kier molecular flexibility index (Phi) is 4.82. The van der Waals surface area contributed by atoms with Crippen LogP contribution in [0.1, 0.15) is 26.2 Å². The summed E-state index contributed by atoms with van der Waals surface area (Å²) in [6, 6.07) is 0.678.